The molecule has 0 amide bonds. The Hall–Kier alpha value is -0.790. The molecule has 1 aliphatic rings. The Labute approximate surface area is 60.2 Å². The maximum atomic E-state index is 12.4. The first-order valence-electron chi connectivity index (χ1n) is 3.48. The first kappa shape index (κ1) is 7.32. The molecular weight excluding hydrogens is 131 g/mol. The Bertz CT molecular complexity index is 161. The van der Waals surface area contributed by atoms with Crippen LogP contribution in [0.4, 0.5) is 4.39 Å². The lowest BCUT2D eigenvalue weighted by Crippen LogP contribution is -2.00. The molecule has 0 saturated carbocycles. The lowest BCUT2D eigenvalue weighted by Gasteiger charge is -2.09. The fraction of sp³-hybridized carbons (Fsp3) is 0.500. The number of rotatable bonds is 2. The van der Waals surface area contributed by atoms with E-state index >= 15 is 0 Å². The zero-order valence-electron chi connectivity index (χ0n) is 6.01. The molecule has 0 spiro atoms. The minimum absolute atomic E-state index is 0.450. The van der Waals surface area contributed by atoms with Crippen molar-refractivity contribution in [3.05, 3.63) is 24.0 Å². The second-order valence-electron chi connectivity index (χ2n) is 2.15. The summed E-state index contributed by atoms with van der Waals surface area (Å²) in [6.45, 7) is 2.56. The van der Waals surface area contributed by atoms with Crippen LogP contribution in [0.25, 0.3) is 0 Å². The average molecular weight is 142 g/mol. The number of allylic oxidation sites excluding steroid dienone is 3. The smallest absolute Gasteiger partial charge is 0.122 e. The van der Waals surface area contributed by atoms with Gasteiger partial charge >= 0.3 is 0 Å². The number of hydrogen-bond donors (Lipinski definition) is 0. The van der Waals surface area contributed by atoms with E-state index < -0.39 is 6.17 Å². The van der Waals surface area contributed by atoms with Crippen molar-refractivity contribution in [2.24, 2.45) is 0 Å². The molecule has 1 aliphatic carbocycles. The van der Waals surface area contributed by atoms with Gasteiger partial charge in [-0.05, 0) is 25.2 Å². The molecule has 0 aliphatic heterocycles. The van der Waals surface area contributed by atoms with Crippen LogP contribution in [0.2, 0.25) is 0 Å². The molecular formula is C8H11FO. The van der Waals surface area contributed by atoms with E-state index in [2.05, 4.69) is 0 Å². The molecule has 2 heteroatoms. The minimum atomic E-state index is -0.816. The van der Waals surface area contributed by atoms with E-state index in [9.17, 15) is 4.39 Å². The molecule has 0 saturated heterocycles. The second kappa shape index (κ2) is 3.40. The highest BCUT2D eigenvalue weighted by Crippen LogP contribution is 2.13. The Kier molecular flexibility index (Phi) is 2.49. The Morgan fingerprint density at radius 2 is 2.60 bits per heavy atom. The maximum Gasteiger partial charge on any atom is 0.122 e. The summed E-state index contributed by atoms with van der Waals surface area (Å²) in [5.41, 5.74) is 0. The van der Waals surface area contributed by atoms with Crippen LogP contribution in [0.15, 0.2) is 24.0 Å². The van der Waals surface area contributed by atoms with E-state index in [1.807, 2.05) is 6.92 Å². The highest BCUT2D eigenvalue weighted by molar-refractivity contribution is 5.18. The standard InChI is InChI=1S/C8H11FO/c1-2-10-8-5-3-7(9)4-6-8/h3,5-7H,2,4H2,1H3. The van der Waals surface area contributed by atoms with Crippen LogP contribution >= 0.6 is 0 Å². The summed E-state index contributed by atoms with van der Waals surface area (Å²) in [7, 11) is 0. The fourth-order valence-electron chi connectivity index (χ4n) is 0.848. The normalized spacial score (nSPS) is 24.2. The highest BCUT2D eigenvalue weighted by Gasteiger charge is 2.05. The maximum absolute atomic E-state index is 12.4. The van der Waals surface area contributed by atoms with Crippen LogP contribution in [-0.4, -0.2) is 12.8 Å². The second-order valence-corrected chi connectivity index (χ2v) is 2.15. The largest absolute Gasteiger partial charge is 0.494 e. The molecule has 1 unspecified atom stereocenters. The van der Waals surface area contributed by atoms with Gasteiger partial charge < -0.3 is 4.74 Å². The van der Waals surface area contributed by atoms with Gasteiger partial charge in [0, 0.05) is 6.42 Å². The van der Waals surface area contributed by atoms with Crippen molar-refractivity contribution in [3.8, 4) is 0 Å². The molecule has 1 nitrogen and oxygen atoms in total. The first-order chi connectivity index (χ1) is 4.83. The molecule has 0 aromatic heterocycles. The third-order valence-electron chi connectivity index (χ3n) is 1.32. The van der Waals surface area contributed by atoms with Gasteiger partial charge in [0.25, 0.3) is 0 Å². The third-order valence-corrected chi connectivity index (χ3v) is 1.32. The predicted molar refractivity (Wildman–Crippen MR) is 38.4 cm³/mol. The van der Waals surface area contributed by atoms with E-state index in [-0.39, 0.29) is 0 Å². The number of halogens is 1. The van der Waals surface area contributed by atoms with Gasteiger partial charge in [0.15, 0.2) is 0 Å². The van der Waals surface area contributed by atoms with Crippen LogP contribution in [-0.2, 0) is 4.74 Å². The SMILES string of the molecule is CCOC1=CCC(F)C=C1. The van der Waals surface area contributed by atoms with Crippen LogP contribution in [0.3, 0.4) is 0 Å². The molecule has 0 radical (unpaired) electrons. The molecule has 0 aromatic rings. The molecule has 0 heterocycles. The van der Waals surface area contributed by atoms with Gasteiger partial charge in [-0.15, -0.1) is 0 Å². The molecule has 0 N–H and O–H groups in total. The summed E-state index contributed by atoms with van der Waals surface area (Å²) in [5, 5.41) is 0. The van der Waals surface area contributed by atoms with Gasteiger partial charge in [-0.3, -0.25) is 0 Å². The van der Waals surface area contributed by atoms with E-state index in [0.717, 1.165) is 5.76 Å². The van der Waals surface area contributed by atoms with Gasteiger partial charge in [0.2, 0.25) is 0 Å². The molecule has 56 valence electrons. The summed E-state index contributed by atoms with van der Waals surface area (Å²) in [4.78, 5) is 0. The topological polar surface area (TPSA) is 9.23 Å². The van der Waals surface area contributed by atoms with Crippen molar-refractivity contribution in [1.29, 1.82) is 0 Å². The van der Waals surface area contributed by atoms with Crippen molar-refractivity contribution in [3.63, 3.8) is 0 Å². The number of hydrogen-bond acceptors (Lipinski definition) is 1. The van der Waals surface area contributed by atoms with E-state index in [1.54, 1.807) is 12.2 Å². The quantitative estimate of drug-likeness (QED) is 0.574. The monoisotopic (exact) mass is 142 g/mol. The van der Waals surface area contributed by atoms with Gasteiger partial charge in [0.1, 0.15) is 11.9 Å². The molecule has 0 fully saturated rings. The third kappa shape index (κ3) is 1.87. The molecule has 0 bridgehead atoms. The van der Waals surface area contributed by atoms with E-state index in [1.165, 1.54) is 6.08 Å². The Morgan fingerprint density at radius 1 is 1.80 bits per heavy atom. The number of alkyl halides is 1. The summed E-state index contributed by atoms with van der Waals surface area (Å²) in [6.07, 6.45) is 4.60. The average Bonchev–Trinajstić information content (AvgIpc) is 1.95. The van der Waals surface area contributed by atoms with Crippen LogP contribution < -0.4 is 0 Å². The zero-order valence-corrected chi connectivity index (χ0v) is 6.01. The summed E-state index contributed by atoms with van der Waals surface area (Å²) in [6, 6.07) is 0. The van der Waals surface area contributed by atoms with Gasteiger partial charge in [-0.25, -0.2) is 4.39 Å². The summed E-state index contributed by atoms with van der Waals surface area (Å²) < 4.78 is 17.5. The van der Waals surface area contributed by atoms with Crippen LogP contribution in [0.5, 0.6) is 0 Å². The van der Waals surface area contributed by atoms with Crippen molar-refractivity contribution in [2.45, 2.75) is 19.5 Å². The van der Waals surface area contributed by atoms with Crippen molar-refractivity contribution in [2.75, 3.05) is 6.61 Å². The van der Waals surface area contributed by atoms with Crippen LogP contribution in [0.1, 0.15) is 13.3 Å². The van der Waals surface area contributed by atoms with E-state index in [4.69, 9.17) is 4.74 Å². The Morgan fingerprint density at radius 3 is 3.10 bits per heavy atom. The van der Waals surface area contributed by atoms with Gasteiger partial charge in [0.05, 0.1) is 6.61 Å². The zero-order chi connectivity index (χ0) is 7.40. The molecule has 1 rings (SSSR count). The van der Waals surface area contributed by atoms with Crippen molar-refractivity contribution < 1.29 is 9.13 Å². The summed E-state index contributed by atoms with van der Waals surface area (Å²) >= 11 is 0. The lowest BCUT2D eigenvalue weighted by atomic mass is 10.1. The molecule has 10 heavy (non-hydrogen) atoms. The summed E-state index contributed by atoms with van der Waals surface area (Å²) in [5.74, 6) is 0.788. The molecule has 1 atom stereocenters. The van der Waals surface area contributed by atoms with E-state index in [0.29, 0.717) is 13.0 Å². The van der Waals surface area contributed by atoms with Gasteiger partial charge in [-0.1, -0.05) is 0 Å². The van der Waals surface area contributed by atoms with Crippen molar-refractivity contribution in [1.82, 2.24) is 0 Å². The fourth-order valence-corrected chi connectivity index (χ4v) is 0.848. The van der Waals surface area contributed by atoms with Crippen molar-refractivity contribution >= 4 is 0 Å². The predicted octanol–water partition coefficient (Wildman–Crippen LogP) is 2.20. The van der Waals surface area contributed by atoms with Crippen LogP contribution in [0, 0.1) is 0 Å². The first-order valence-corrected chi connectivity index (χ1v) is 3.48. The molecule has 0 aromatic carbocycles. The lowest BCUT2D eigenvalue weighted by molar-refractivity contribution is 0.236. The van der Waals surface area contributed by atoms with Gasteiger partial charge in [-0.2, -0.15) is 0 Å². The minimum Gasteiger partial charge on any atom is -0.494 e. The highest BCUT2D eigenvalue weighted by atomic mass is 19.1. The Balaban J connectivity index is 2.42. The number of ether oxygens (including phenoxy) is 1.